The summed E-state index contributed by atoms with van der Waals surface area (Å²) < 4.78 is 28.6. The predicted molar refractivity (Wildman–Crippen MR) is 90.3 cm³/mol. The van der Waals surface area contributed by atoms with Crippen molar-refractivity contribution in [3.8, 4) is 11.5 Å². The van der Waals surface area contributed by atoms with Crippen LogP contribution in [0, 0.1) is 5.82 Å². The third-order valence-corrected chi connectivity index (χ3v) is 3.31. The molecule has 5 nitrogen and oxygen atoms in total. The van der Waals surface area contributed by atoms with Crippen LogP contribution in [0.1, 0.15) is 15.9 Å². The van der Waals surface area contributed by atoms with Crippen molar-refractivity contribution in [1.29, 1.82) is 0 Å². The highest BCUT2D eigenvalue weighted by Gasteiger charge is 2.12. The van der Waals surface area contributed by atoms with Crippen LogP contribution in [-0.4, -0.2) is 32.6 Å². The van der Waals surface area contributed by atoms with E-state index in [1.807, 2.05) is 0 Å². The van der Waals surface area contributed by atoms with Crippen molar-refractivity contribution >= 4 is 17.8 Å². The topological polar surface area (TPSA) is 61.8 Å². The SMILES string of the molecule is COc1cc(/C=C/C(=O)OCC(=O)c2ccccc2F)cc(OC)c1. The normalized spacial score (nSPS) is 10.5. The standard InChI is InChI=1S/C19H17FO5/c1-23-14-9-13(10-15(11-14)24-2)7-8-19(22)25-12-18(21)16-5-3-4-6-17(16)20/h3-11H,12H2,1-2H3/b8-7+. The maximum absolute atomic E-state index is 13.5. The smallest absolute Gasteiger partial charge is 0.331 e. The van der Waals surface area contributed by atoms with Crippen LogP contribution in [0.2, 0.25) is 0 Å². The van der Waals surface area contributed by atoms with Crippen molar-refractivity contribution in [3.05, 3.63) is 65.5 Å². The Morgan fingerprint density at radius 1 is 1.04 bits per heavy atom. The van der Waals surface area contributed by atoms with Crippen molar-refractivity contribution in [1.82, 2.24) is 0 Å². The van der Waals surface area contributed by atoms with Crippen LogP contribution in [0.5, 0.6) is 11.5 Å². The van der Waals surface area contributed by atoms with Gasteiger partial charge in [-0.3, -0.25) is 4.79 Å². The van der Waals surface area contributed by atoms with Gasteiger partial charge < -0.3 is 14.2 Å². The van der Waals surface area contributed by atoms with E-state index in [0.717, 1.165) is 0 Å². The molecule has 0 saturated heterocycles. The molecule has 0 bridgehead atoms. The lowest BCUT2D eigenvalue weighted by Gasteiger charge is -2.06. The third-order valence-electron chi connectivity index (χ3n) is 3.31. The highest BCUT2D eigenvalue weighted by Crippen LogP contribution is 2.23. The molecule has 2 rings (SSSR count). The number of methoxy groups -OCH3 is 2. The second-order valence-electron chi connectivity index (χ2n) is 4.99. The minimum absolute atomic E-state index is 0.114. The van der Waals surface area contributed by atoms with Crippen LogP contribution in [-0.2, 0) is 9.53 Å². The number of benzene rings is 2. The molecule has 0 atom stereocenters. The van der Waals surface area contributed by atoms with Gasteiger partial charge in [0.15, 0.2) is 6.61 Å². The van der Waals surface area contributed by atoms with Gasteiger partial charge in [0, 0.05) is 12.1 Å². The van der Waals surface area contributed by atoms with E-state index in [9.17, 15) is 14.0 Å². The molecule has 0 N–H and O–H groups in total. The Morgan fingerprint density at radius 3 is 2.28 bits per heavy atom. The van der Waals surface area contributed by atoms with Crippen LogP contribution < -0.4 is 9.47 Å². The van der Waals surface area contributed by atoms with Crippen molar-refractivity contribution in [2.75, 3.05) is 20.8 Å². The van der Waals surface area contributed by atoms with Crippen molar-refractivity contribution in [3.63, 3.8) is 0 Å². The fraction of sp³-hybridized carbons (Fsp3) is 0.158. The minimum atomic E-state index is -0.716. The predicted octanol–water partition coefficient (Wildman–Crippen LogP) is 3.28. The number of carbonyl (C=O) groups excluding carboxylic acids is 2. The first kappa shape index (κ1) is 18.2. The van der Waals surface area contributed by atoms with Crippen molar-refractivity contribution < 1.29 is 28.2 Å². The molecule has 0 aliphatic heterocycles. The van der Waals surface area contributed by atoms with Gasteiger partial charge in [-0.1, -0.05) is 12.1 Å². The van der Waals surface area contributed by atoms with Gasteiger partial charge >= 0.3 is 5.97 Å². The zero-order valence-corrected chi connectivity index (χ0v) is 13.8. The van der Waals surface area contributed by atoms with Gasteiger partial charge in [0.25, 0.3) is 0 Å². The van der Waals surface area contributed by atoms with Crippen LogP contribution in [0.25, 0.3) is 6.08 Å². The quantitative estimate of drug-likeness (QED) is 0.438. The van der Waals surface area contributed by atoms with Crippen molar-refractivity contribution in [2.24, 2.45) is 0 Å². The molecule has 0 saturated carbocycles. The number of Topliss-reactive ketones (excluding diaryl/α,β-unsaturated/α-hetero) is 1. The zero-order chi connectivity index (χ0) is 18.2. The molecule has 130 valence electrons. The third kappa shape index (κ3) is 5.17. The fourth-order valence-corrected chi connectivity index (χ4v) is 2.04. The lowest BCUT2D eigenvalue weighted by molar-refractivity contribution is -0.136. The first-order chi connectivity index (χ1) is 12.0. The maximum Gasteiger partial charge on any atom is 0.331 e. The molecule has 0 spiro atoms. The monoisotopic (exact) mass is 344 g/mol. The Balaban J connectivity index is 1.97. The summed E-state index contributed by atoms with van der Waals surface area (Å²) >= 11 is 0. The van der Waals surface area contributed by atoms with Crippen LogP contribution >= 0.6 is 0 Å². The van der Waals surface area contributed by atoms with E-state index in [1.54, 1.807) is 18.2 Å². The van der Waals surface area contributed by atoms with E-state index in [4.69, 9.17) is 14.2 Å². The van der Waals surface area contributed by atoms with Gasteiger partial charge in [0.05, 0.1) is 19.8 Å². The Morgan fingerprint density at radius 2 is 1.68 bits per heavy atom. The average molecular weight is 344 g/mol. The molecule has 2 aromatic carbocycles. The van der Waals surface area contributed by atoms with Gasteiger partial charge in [-0.15, -0.1) is 0 Å². The number of rotatable bonds is 7. The summed E-state index contributed by atoms with van der Waals surface area (Å²) in [6, 6.07) is 10.6. The minimum Gasteiger partial charge on any atom is -0.497 e. The molecular weight excluding hydrogens is 327 g/mol. The molecule has 25 heavy (non-hydrogen) atoms. The molecule has 0 aliphatic carbocycles. The summed E-state index contributed by atoms with van der Waals surface area (Å²) in [6.07, 6.45) is 2.67. The molecule has 0 amide bonds. The highest BCUT2D eigenvalue weighted by molar-refractivity contribution is 5.99. The van der Waals surface area contributed by atoms with Crippen molar-refractivity contribution in [2.45, 2.75) is 0 Å². The number of hydrogen-bond acceptors (Lipinski definition) is 5. The molecule has 0 heterocycles. The number of esters is 1. The van der Waals surface area contributed by atoms with Gasteiger partial charge in [-0.05, 0) is 35.9 Å². The molecule has 0 fully saturated rings. The number of ketones is 1. The van der Waals surface area contributed by atoms with E-state index >= 15 is 0 Å². The molecule has 2 aromatic rings. The molecular formula is C19H17FO5. The first-order valence-electron chi connectivity index (χ1n) is 7.39. The van der Waals surface area contributed by atoms with E-state index in [2.05, 4.69) is 0 Å². The Kier molecular flexibility index (Phi) is 6.28. The Bertz CT molecular complexity index is 776. The second kappa shape index (κ2) is 8.63. The van der Waals surface area contributed by atoms with Gasteiger partial charge in [0.2, 0.25) is 5.78 Å². The molecule has 0 aliphatic rings. The van der Waals surface area contributed by atoms with E-state index in [-0.39, 0.29) is 5.56 Å². The zero-order valence-electron chi connectivity index (χ0n) is 13.8. The van der Waals surface area contributed by atoms with Gasteiger partial charge in [0.1, 0.15) is 17.3 Å². The van der Waals surface area contributed by atoms with Gasteiger partial charge in [-0.25, -0.2) is 9.18 Å². The van der Waals surface area contributed by atoms with Crippen LogP contribution in [0.15, 0.2) is 48.5 Å². The summed E-state index contributed by atoms with van der Waals surface area (Å²) in [6.45, 7) is -0.536. The van der Waals surface area contributed by atoms with E-state index in [1.165, 1.54) is 50.6 Å². The average Bonchev–Trinajstić information content (AvgIpc) is 2.64. The van der Waals surface area contributed by atoms with Crippen LogP contribution in [0.4, 0.5) is 4.39 Å². The number of hydrogen-bond donors (Lipinski definition) is 0. The number of ether oxygens (including phenoxy) is 3. The highest BCUT2D eigenvalue weighted by atomic mass is 19.1. The van der Waals surface area contributed by atoms with E-state index in [0.29, 0.717) is 17.1 Å². The second-order valence-corrected chi connectivity index (χ2v) is 4.99. The summed E-state index contributed by atoms with van der Waals surface area (Å²) in [5.74, 6) is -0.832. The number of halogens is 1. The largest absolute Gasteiger partial charge is 0.497 e. The number of carbonyl (C=O) groups is 2. The summed E-state index contributed by atoms with van der Waals surface area (Å²) in [5, 5.41) is 0. The summed E-state index contributed by atoms with van der Waals surface area (Å²) in [5.41, 5.74) is 0.547. The van der Waals surface area contributed by atoms with Crippen LogP contribution in [0.3, 0.4) is 0 Å². The fourth-order valence-electron chi connectivity index (χ4n) is 2.04. The molecule has 0 aromatic heterocycles. The lowest BCUT2D eigenvalue weighted by atomic mass is 10.1. The van der Waals surface area contributed by atoms with E-state index < -0.39 is 24.2 Å². The summed E-state index contributed by atoms with van der Waals surface area (Å²) in [4.78, 5) is 23.6. The lowest BCUT2D eigenvalue weighted by Crippen LogP contribution is -2.13. The maximum atomic E-state index is 13.5. The Labute approximate surface area is 144 Å². The first-order valence-corrected chi connectivity index (χ1v) is 7.39. The van der Waals surface area contributed by atoms with Gasteiger partial charge in [-0.2, -0.15) is 0 Å². The molecule has 0 unspecified atom stereocenters. The molecule has 6 heteroatoms. The molecule has 0 radical (unpaired) electrons. The summed E-state index contributed by atoms with van der Waals surface area (Å²) in [7, 11) is 3.04. The Hall–Kier alpha value is -3.15.